The number of aromatic nitrogens is 2. The summed E-state index contributed by atoms with van der Waals surface area (Å²) in [6.45, 7) is 4.77. The maximum absolute atomic E-state index is 13.3. The number of rotatable bonds is 6. The maximum Gasteiger partial charge on any atom is 0.263 e. The Morgan fingerprint density at radius 2 is 2.04 bits per heavy atom. The van der Waals surface area contributed by atoms with Gasteiger partial charge in [-0.15, -0.1) is 11.3 Å². The second-order valence-corrected chi connectivity index (χ2v) is 9.92. The van der Waals surface area contributed by atoms with Gasteiger partial charge < -0.3 is 0 Å². The number of hydrogen-bond acceptors (Lipinski definition) is 5. The van der Waals surface area contributed by atoms with E-state index in [4.69, 9.17) is 16.6 Å². The van der Waals surface area contributed by atoms with Gasteiger partial charge in [-0.1, -0.05) is 37.2 Å². The fourth-order valence-electron chi connectivity index (χ4n) is 3.54. The lowest BCUT2D eigenvalue weighted by molar-refractivity contribution is 0.102. The van der Waals surface area contributed by atoms with Crippen LogP contribution in [0.1, 0.15) is 41.1 Å². The van der Waals surface area contributed by atoms with Crippen molar-refractivity contribution in [3.8, 4) is 0 Å². The van der Waals surface area contributed by atoms with Crippen LogP contribution < -0.4 is 5.56 Å². The summed E-state index contributed by atoms with van der Waals surface area (Å²) in [5.74, 6) is 0.554. The monoisotopic (exact) mass is 432 g/mol. The Morgan fingerprint density at radius 1 is 1.29 bits per heavy atom. The van der Waals surface area contributed by atoms with Gasteiger partial charge in [-0.25, -0.2) is 4.98 Å². The minimum absolute atomic E-state index is 0.000726. The van der Waals surface area contributed by atoms with E-state index >= 15 is 0 Å². The van der Waals surface area contributed by atoms with E-state index in [1.54, 1.807) is 40.2 Å². The predicted octanol–water partition coefficient (Wildman–Crippen LogP) is 5.23. The first-order valence-corrected chi connectivity index (χ1v) is 11.6. The highest BCUT2D eigenvalue weighted by Gasteiger charge is 2.24. The molecule has 0 amide bonds. The zero-order valence-electron chi connectivity index (χ0n) is 15.8. The number of halogens is 1. The summed E-state index contributed by atoms with van der Waals surface area (Å²) >= 11 is 8.88. The van der Waals surface area contributed by atoms with Crippen LogP contribution in [0.2, 0.25) is 5.02 Å². The van der Waals surface area contributed by atoms with E-state index in [1.165, 1.54) is 22.2 Å². The first-order chi connectivity index (χ1) is 13.4. The van der Waals surface area contributed by atoms with Crippen LogP contribution in [0.5, 0.6) is 0 Å². The number of fused-ring (bicyclic) bond motifs is 3. The Bertz CT molecular complexity index is 1100. The van der Waals surface area contributed by atoms with Crippen molar-refractivity contribution < 1.29 is 4.79 Å². The number of carbonyl (C=O) groups excluding carboxylic acids is 1. The van der Waals surface area contributed by atoms with E-state index in [9.17, 15) is 9.59 Å². The van der Waals surface area contributed by atoms with Gasteiger partial charge in [-0.2, -0.15) is 0 Å². The molecule has 4 nitrogen and oxygen atoms in total. The molecule has 0 spiro atoms. The smallest absolute Gasteiger partial charge is 0.263 e. The van der Waals surface area contributed by atoms with Crippen LogP contribution >= 0.6 is 34.7 Å². The molecule has 2 heterocycles. The fourth-order valence-corrected chi connectivity index (χ4v) is 5.88. The molecule has 0 bridgehead atoms. The van der Waals surface area contributed by atoms with Gasteiger partial charge in [0.2, 0.25) is 0 Å². The van der Waals surface area contributed by atoms with Crippen molar-refractivity contribution in [1.29, 1.82) is 0 Å². The van der Waals surface area contributed by atoms with Gasteiger partial charge in [0.25, 0.3) is 5.56 Å². The zero-order valence-corrected chi connectivity index (χ0v) is 18.2. The van der Waals surface area contributed by atoms with Crippen LogP contribution in [0.25, 0.3) is 10.2 Å². The minimum atomic E-state index is 0.000726. The molecule has 0 unspecified atom stereocenters. The molecule has 0 saturated heterocycles. The first-order valence-electron chi connectivity index (χ1n) is 9.40. The maximum atomic E-state index is 13.3. The molecule has 2 aromatic heterocycles. The summed E-state index contributed by atoms with van der Waals surface area (Å²) < 4.78 is 1.76. The van der Waals surface area contributed by atoms with Gasteiger partial charge in [-0.3, -0.25) is 14.2 Å². The molecule has 28 heavy (non-hydrogen) atoms. The molecule has 0 aliphatic heterocycles. The molecule has 1 aromatic carbocycles. The summed E-state index contributed by atoms with van der Waals surface area (Å²) in [6, 6.07) is 6.89. The Labute approximate surface area is 176 Å². The van der Waals surface area contributed by atoms with E-state index in [0.717, 1.165) is 29.5 Å². The van der Waals surface area contributed by atoms with Crippen LogP contribution in [0.3, 0.4) is 0 Å². The fraction of sp³-hybridized carbons (Fsp3) is 0.381. The van der Waals surface area contributed by atoms with E-state index in [2.05, 4.69) is 13.8 Å². The third-order valence-corrected chi connectivity index (χ3v) is 7.25. The Kier molecular flexibility index (Phi) is 5.63. The zero-order chi connectivity index (χ0) is 19.8. The van der Waals surface area contributed by atoms with E-state index in [-0.39, 0.29) is 17.1 Å². The predicted molar refractivity (Wildman–Crippen MR) is 117 cm³/mol. The number of carbonyl (C=O) groups is 1. The average Bonchev–Trinajstić information content (AvgIpc) is 3.23. The number of aryl methyl sites for hydroxylation is 2. The molecule has 146 valence electrons. The van der Waals surface area contributed by atoms with Crippen molar-refractivity contribution >= 4 is 50.7 Å². The number of Topliss-reactive ketones (excluding diaryl/α,β-unsaturated/α-hetero) is 1. The van der Waals surface area contributed by atoms with Gasteiger partial charge in [0.15, 0.2) is 10.9 Å². The summed E-state index contributed by atoms with van der Waals surface area (Å²) in [5.41, 5.74) is 1.86. The number of thiophene rings is 1. The van der Waals surface area contributed by atoms with Gasteiger partial charge in [-0.05, 0) is 55.0 Å². The van der Waals surface area contributed by atoms with E-state index in [1.807, 2.05) is 0 Å². The van der Waals surface area contributed by atoms with Crippen molar-refractivity contribution in [3.05, 3.63) is 55.6 Å². The van der Waals surface area contributed by atoms with Crippen LogP contribution in [0.4, 0.5) is 0 Å². The number of hydrogen-bond donors (Lipinski definition) is 0. The van der Waals surface area contributed by atoms with Gasteiger partial charge in [0.05, 0.1) is 11.1 Å². The number of ketones is 1. The molecule has 3 aromatic rings. The van der Waals surface area contributed by atoms with E-state index < -0.39 is 0 Å². The first kappa shape index (κ1) is 19.7. The largest absolute Gasteiger partial charge is 0.293 e. The summed E-state index contributed by atoms with van der Waals surface area (Å²) in [5, 5.41) is 2.04. The normalized spacial score (nSPS) is 13.4. The Balaban J connectivity index is 1.68. The highest BCUT2D eigenvalue weighted by molar-refractivity contribution is 7.99. The molecule has 1 aliphatic rings. The van der Waals surface area contributed by atoms with Crippen molar-refractivity contribution in [2.75, 3.05) is 5.75 Å². The molecular formula is C21H21ClN2O2S2. The summed E-state index contributed by atoms with van der Waals surface area (Å²) in [4.78, 5) is 32.7. The van der Waals surface area contributed by atoms with Crippen molar-refractivity contribution in [3.63, 3.8) is 0 Å². The molecular weight excluding hydrogens is 412 g/mol. The molecule has 7 heteroatoms. The van der Waals surface area contributed by atoms with Gasteiger partial charge in [0, 0.05) is 22.0 Å². The number of thioether (sulfide) groups is 1. The standard InChI is InChI=1S/C21H21ClN2O2S2/c1-12(2)10-24-20(26)18-15-4-3-5-17(15)28-19(18)23-21(24)27-11-16(25)13-6-8-14(22)9-7-13/h6-9,12H,3-5,10-11H2,1-2H3. The number of benzene rings is 1. The van der Waals surface area contributed by atoms with Crippen molar-refractivity contribution in [2.24, 2.45) is 5.92 Å². The SMILES string of the molecule is CC(C)Cn1c(SCC(=O)c2ccc(Cl)cc2)nc2sc3c(c2c1=O)CCC3. The third-order valence-electron chi connectivity index (χ3n) is 4.84. The second kappa shape index (κ2) is 8.01. The summed E-state index contributed by atoms with van der Waals surface area (Å²) in [7, 11) is 0. The van der Waals surface area contributed by atoms with Crippen LogP contribution in [0, 0.1) is 5.92 Å². The second-order valence-electron chi connectivity index (χ2n) is 7.46. The third kappa shape index (κ3) is 3.78. The molecule has 1 aliphatic carbocycles. The number of nitrogens with zero attached hydrogens (tertiary/aromatic N) is 2. The molecule has 0 atom stereocenters. The lowest BCUT2D eigenvalue weighted by Gasteiger charge is -2.14. The molecule has 0 fully saturated rings. The van der Waals surface area contributed by atoms with Crippen LogP contribution in [0.15, 0.2) is 34.2 Å². The van der Waals surface area contributed by atoms with Crippen molar-refractivity contribution in [2.45, 2.75) is 44.8 Å². The van der Waals surface area contributed by atoms with Gasteiger partial charge in [0.1, 0.15) is 4.83 Å². The van der Waals surface area contributed by atoms with Crippen LogP contribution in [-0.2, 0) is 19.4 Å². The Morgan fingerprint density at radius 3 is 2.75 bits per heavy atom. The highest BCUT2D eigenvalue weighted by atomic mass is 35.5. The highest BCUT2D eigenvalue weighted by Crippen LogP contribution is 2.35. The summed E-state index contributed by atoms with van der Waals surface area (Å²) in [6.07, 6.45) is 3.12. The van der Waals surface area contributed by atoms with Crippen LogP contribution in [-0.4, -0.2) is 21.1 Å². The van der Waals surface area contributed by atoms with E-state index in [0.29, 0.717) is 28.2 Å². The quantitative estimate of drug-likeness (QED) is 0.304. The topological polar surface area (TPSA) is 52.0 Å². The Hall–Kier alpha value is -1.63. The van der Waals surface area contributed by atoms with Gasteiger partial charge >= 0.3 is 0 Å². The molecule has 0 saturated carbocycles. The molecule has 4 rings (SSSR count). The lowest BCUT2D eigenvalue weighted by Crippen LogP contribution is -2.26. The van der Waals surface area contributed by atoms with Crippen molar-refractivity contribution in [1.82, 2.24) is 9.55 Å². The average molecular weight is 433 g/mol. The minimum Gasteiger partial charge on any atom is -0.293 e. The molecule has 0 radical (unpaired) electrons. The molecule has 0 N–H and O–H groups in total. The lowest BCUT2D eigenvalue weighted by atomic mass is 10.1.